The second-order valence-electron chi connectivity index (χ2n) is 4.47. The van der Waals surface area contributed by atoms with Crippen molar-refractivity contribution in [3.05, 3.63) is 51.9 Å². The number of rotatable bonds is 1. The lowest BCUT2D eigenvalue weighted by molar-refractivity contribution is -0.806. The number of benzene rings is 1. The van der Waals surface area contributed by atoms with Gasteiger partial charge >= 0.3 is 10.7 Å². The van der Waals surface area contributed by atoms with Crippen LogP contribution in [0, 0.1) is 6.92 Å². The topological polar surface area (TPSA) is 49.6 Å². The minimum atomic E-state index is -0.112. The van der Waals surface area contributed by atoms with Gasteiger partial charge in [0.1, 0.15) is 0 Å². The van der Waals surface area contributed by atoms with Crippen LogP contribution in [0.1, 0.15) is 17.3 Å². The number of aromatic amines is 1. The van der Waals surface area contributed by atoms with E-state index in [0.29, 0.717) is 5.69 Å². The predicted molar refractivity (Wildman–Crippen MR) is 77.8 cm³/mol. The quantitative estimate of drug-likeness (QED) is 0.637. The van der Waals surface area contributed by atoms with E-state index in [1.54, 1.807) is 18.7 Å². The Morgan fingerprint density at radius 1 is 1.42 bits per heavy atom. The van der Waals surface area contributed by atoms with E-state index in [1.165, 1.54) is 5.56 Å². The van der Waals surface area contributed by atoms with Gasteiger partial charge in [-0.2, -0.15) is 4.98 Å². The molecular weight excluding hydrogens is 326 g/mol. The molecule has 1 aromatic carbocycles. The van der Waals surface area contributed by atoms with Crippen LogP contribution in [0.25, 0.3) is 0 Å². The fourth-order valence-electron chi connectivity index (χ4n) is 2.19. The fraction of sp³-hybridized carbons (Fsp3) is 0.308. The Balaban J connectivity index is 2.17. The van der Waals surface area contributed by atoms with Crippen LogP contribution in [0.5, 0.6) is 0 Å². The normalized spacial score (nSPS) is 22.0. The van der Waals surface area contributed by atoms with E-state index < -0.39 is 0 Å². The highest BCUT2D eigenvalue weighted by molar-refractivity contribution is 9.09. The van der Waals surface area contributed by atoms with E-state index >= 15 is 0 Å². The highest BCUT2D eigenvalue weighted by atomic mass is 79.9. The highest BCUT2D eigenvalue weighted by Gasteiger charge is 2.36. The van der Waals surface area contributed by atoms with Crippen LogP contribution >= 0.6 is 27.7 Å². The molecule has 1 aliphatic heterocycles. The summed E-state index contributed by atoms with van der Waals surface area (Å²) in [6.07, 6.45) is 0. The first kappa shape index (κ1) is 12.9. The summed E-state index contributed by atoms with van der Waals surface area (Å²) in [5.74, 6) is 0.903. The lowest BCUT2D eigenvalue weighted by atomic mass is 10.0. The van der Waals surface area contributed by atoms with E-state index in [1.807, 2.05) is 22.9 Å². The first-order valence-corrected chi connectivity index (χ1v) is 7.91. The van der Waals surface area contributed by atoms with Gasteiger partial charge in [0, 0.05) is 5.75 Å². The third kappa shape index (κ3) is 2.34. The smallest absolute Gasteiger partial charge is 0.239 e. The average molecular weight is 339 g/mol. The van der Waals surface area contributed by atoms with Gasteiger partial charge in [0.2, 0.25) is 0 Å². The minimum absolute atomic E-state index is 0.105. The SMILES string of the molecule is Cc1n[n+]2c([nH]c1=O)SCC(Br)C2c1ccccc1. The molecule has 0 fully saturated rings. The van der Waals surface area contributed by atoms with Crippen LogP contribution in [0.2, 0.25) is 0 Å². The van der Waals surface area contributed by atoms with Crippen LogP contribution in [0.4, 0.5) is 0 Å². The zero-order valence-electron chi connectivity index (χ0n) is 10.3. The van der Waals surface area contributed by atoms with Crippen LogP contribution in [0.3, 0.4) is 0 Å². The third-order valence-corrected chi connectivity index (χ3v) is 5.48. The molecule has 4 nitrogen and oxygen atoms in total. The van der Waals surface area contributed by atoms with Crippen molar-refractivity contribution in [2.24, 2.45) is 0 Å². The molecule has 0 radical (unpaired) electrons. The van der Waals surface area contributed by atoms with Crippen molar-refractivity contribution in [2.75, 3.05) is 5.75 Å². The average Bonchev–Trinajstić information content (AvgIpc) is 2.42. The Hall–Kier alpha value is -1.14. The maximum absolute atomic E-state index is 11.7. The Bertz CT molecular complexity index is 659. The second-order valence-corrected chi connectivity index (χ2v) is 6.66. The molecule has 0 bridgehead atoms. The number of H-pyrrole nitrogens is 1. The van der Waals surface area contributed by atoms with Gasteiger partial charge in [-0.25, -0.2) is 4.79 Å². The molecule has 2 atom stereocenters. The molecule has 0 saturated heterocycles. The van der Waals surface area contributed by atoms with E-state index in [2.05, 4.69) is 38.1 Å². The van der Waals surface area contributed by atoms with Gasteiger partial charge in [0.15, 0.2) is 11.7 Å². The number of thioether (sulfide) groups is 1. The van der Waals surface area contributed by atoms with Gasteiger partial charge < -0.3 is 0 Å². The number of nitrogens with one attached hydrogen (secondary N) is 1. The Morgan fingerprint density at radius 2 is 2.16 bits per heavy atom. The maximum Gasteiger partial charge on any atom is 0.357 e. The molecular formula is C13H13BrN3OS+. The molecule has 1 aliphatic rings. The molecule has 2 unspecified atom stereocenters. The molecule has 19 heavy (non-hydrogen) atoms. The summed E-state index contributed by atoms with van der Waals surface area (Å²) < 4.78 is 1.92. The standard InChI is InChI=1S/C13H12BrN3OS/c1-8-12(18)15-13-17(16-8)11(10(14)7-19-13)9-5-3-2-4-6-9/h2-6,10-11H,7H2,1H3/p+1. The predicted octanol–water partition coefficient (Wildman–Crippen LogP) is 1.82. The number of aryl methyl sites for hydroxylation is 1. The van der Waals surface area contributed by atoms with Gasteiger partial charge in [0.05, 0.1) is 4.83 Å². The van der Waals surface area contributed by atoms with Crippen LogP contribution in [-0.2, 0) is 0 Å². The van der Waals surface area contributed by atoms with Crippen molar-refractivity contribution in [1.82, 2.24) is 10.1 Å². The van der Waals surface area contributed by atoms with Crippen LogP contribution in [-0.4, -0.2) is 20.7 Å². The molecule has 0 aliphatic carbocycles. The fourth-order valence-corrected chi connectivity index (χ4v) is 4.07. The second kappa shape index (κ2) is 5.09. The zero-order chi connectivity index (χ0) is 13.4. The summed E-state index contributed by atoms with van der Waals surface area (Å²) in [5.41, 5.74) is 1.57. The number of alkyl halides is 1. The summed E-state index contributed by atoms with van der Waals surface area (Å²) in [5, 5.41) is 5.26. The van der Waals surface area contributed by atoms with E-state index in [9.17, 15) is 4.79 Å². The summed E-state index contributed by atoms with van der Waals surface area (Å²) >= 11 is 5.35. The van der Waals surface area contributed by atoms with Crippen molar-refractivity contribution in [1.29, 1.82) is 0 Å². The number of nitrogens with zero attached hydrogens (tertiary/aromatic N) is 2. The minimum Gasteiger partial charge on any atom is -0.239 e. The number of aromatic nitrogens is 3. The molecule has 0 amide bonds. The highest BCUT2D eigenvalue weighted by Crippen LogP contribution is 2.31. The van der Waals surface area contributed by atoms with E-state index in [4.69, 9.17) is 0 Å². The van der Waals surface area contributed by atoms with Crippen molar-refractivity contribution in [2.45, 2.75) is 22.9 Å². The Kier molecular flexibility index (Phi) is 3.45. The lowest BCUT2D eigenvalue weighted by Crippen LogP contribution is -2.55. The summed E-state index contributed by atoms with van der Waals surface area (Å²) in [4.78, 5) is 14.8. The van der Waals surface area contributed by atoms with Crippen molar-refractivity contribution < 1.29 is 4.68 Å². The maximum atomic E-state index is 11.7. The van der Waals surface area contributed by atoms with Crippen LogP contribution < -0.4 is 10.2 Å². The molecule has 6 heteroatoms. The first-order chi connectivity index (χ1) is 9.16. The molecule has 0 saturated carbocycles. The van der Waals surface area contributed by atoms with Gasteiger partial charge in [-0.3, -0.25) is 0 Å². The van der Waals surface area contributed by atoms with E-state index in [0.717, 1.165) is 10.9 Å². The molecule has 1 N–H and O–H groups in total. The number of hydrogen-bond acceptors (Lipinski definition) is 3. The number of hydrogen-bond donors (Lipinski definition) is 1. The third-order valence-electron chi connectivity index (χ3n) is 3.14. The zero-order valence-corrected chi connectivity index (χ0v) is 12.7. The largest absolute Gasteiger partial charge is 0.357 e. The van der Waals surface area contributed by atoms with Gasteiger partial charge in [-0.1, -0.05) is 51.4 Å². The van der Waals surface area contributed by atoms with Gasteiger partial charge in [-0.05, 0) is 24.2 Å². The van der Waals surface area contributed by atoms with Crippen molar-refractivity contribution >= 4 is 27.7 Å². The molecule has 2 aromatic rings. The number of fused-ring (bicyclic) bond motifs is 1. The molecule has 1 aromatic heterocycles. The summed E-state index contributed by atoms with van der Waals surface area (Å²) in [6, 6.07) is 10.3. The Labute approximate surface area is 123 Å². The van der Waals surface area contributed by atoms with Crippen molar-refractivity contribution in [3.8, 4) is 0 Å². The van der Waals surface area contributed by atoms with Crippen molar-refractivity contribution in [3.63, 3.8) is 0 Å². The summed E-state index contributed by atoms with van der Waals surface area (Å²) in [6.45, 7) is 1.73. The summed E-state index contributed by atoms with van der Waals surface area (Å²) in [7, 11) is 0. The lowest BCUT2D eigenvalue weighted by Gasteiger charge is -2.24. The van der Waals surface area contributed by atoms with Crippen LogP contribution in [0.15, 0.2) is 40.3 Å². The number of halogens is 1. The molecule has 2 heterocycles. The molecule has 0 spiro atoms. The van der Waals surface area contributed by atoms with E-state index in [-0.39, 0.29) is 16.4 Å². The monoisotopic (exact) mass is 338 g/mol. The first-order valence-electron chi connectivity index (χ1n) is 6.01. The molecule has 98 valence electrons. The Morgan fingerprint density at radius 3 is 2.89 bits per heavy atom. The molecule has 3 rings (SSSR count). The van der Waals surface area contributed by atoms with Gasteiger partial charge in [-0.15, -0.1) is 4.68 Å². The van der Waals surface area contributed by atoms with Gasteiger partial charge in [0.25, 0.3) is 0 Å².